The molecule has 2 heterocycles. The largest absolute Gasteiger partial charge is 0.302 e. The van der Waals surface area contributed by atoms with Gasteiger partial charge in [-0.25, -0.2) is 0 Å². The van der Waals surface area contributed by atoms with Crippen LogP contribution in [0, 0.1) is 0 Å². The van der Waals surface area contributed by atoms with Crippen molar-refractivity contribution in [2.75, 3.05) is 14.1 Å². The minimum absolute atomic E-state index is 0.782. The van der Waals surface area contributed by atoms with Crippen molar-refractivity contribution in [2.24, 2.45) is 0 Å². The average Bonchev–Trinajstić information content (AvgIpc) is 2.49. The van der Waals surface area contributed by atoms with E-state index in [4.69, 9.17) is 0 Å². The highest BCUT2D eigenvalue weighted by Gasteiger charge is 2.07. The van der Waals surface area contributed by atoms with Gasteiger partial charge in [-0.15, -0.1) is 10.2 Å². The van der Waals surface area contributed by atoms with Crippen LogP contribution in [0.1, 0.15) is 5.82 Å². The van der Waals surface area contributed by atoms with Crippen molar-refractivity contribution in [2.45, 2.75) is 6.54 Å². The Hall–Kier alpha value is -0.940. The van der Waals surface area contributed by atoms with Crippen LogP contribution in [0.3, 0.4) is 0 Å². The average molecular weight is 255 g/mol. The van der Waals surface area contributed by atoms with Gasteiger partial charge in [0.15, 0.2) is 11.5 Å². The second-order valence-corrected chi connectivity index (χ2v) is 4.21. The first-order valence-electron chi connectivity index (χ1n) is 4.32. The molecule has 0 bridgehead atoms. The molecule has 4 nitrogen and oxygen atoms in total. The molecule has 0 radical (unpaired) electrons. The monoisotopic (exact) mass is 254 g/mol. The van der Waals surface area contributed by atoms with Crippen LogP contribution in [0.2, 0.25) is 0 Å². The first-order valence-corrected chi connectivity index (χ1v) is 5.11. The molecule has 0 aliphatic rings. The Balaban J connectivity index is 2.55. The van der Waals surface area contributed by atoms with E-state index < -0.39 is 0 Å². The Bertz CT molecular complexity index is 449. The van der Waals surface area contributed by atoms with Crippen molar-refractivity contribution >= 4 is 21.6 Å². The molecule has 0 N–H and O–H groups in total. The standard InChI is InChI=1S/C9H11BrN4/c1-13(2)6-9-12-11-8-5-3-4-7(10)14(8)9/h3-5H,6H2,1-2H3. The van der Waals surface area contributed by atoms with Crippen LogP contribution in [0.5, 0.6) is 0 Å². The van der Waals surface area contributed by atoms with E-state index in [9.17, 15) is 0 Å². The zero-order valence-corrected chi connectivity index (χ0v) is 9.69. The molecule has 2 aromatic rings. The van der Waals surface area contributed by atoms with Gasteiger partial charge in [0, 0.05) is 0 Å². The number of rotatable bonds is 2. The number of aromatic nitrogens is 3. The molecule has 0 amide bonds. The van der Waals surface area contributed by atoms with E-state index in [1.54, 1.807) is 0 Å². The van der Waals surface area contributed by atoms with Gasteiger partial charge in [-0.1, -0.05) is 6.07 Å². The number of pyridine rings is 1. The summed E-state index contributed by atoms with van der Waals surface area (Å²) in [5, 5.41) is 8.23. The van der Waals surface area contributed by atoms with Crippen LogP contribution in [0.4, 0.5) is 0 Å². The summed E-state index contributed by atoms with van der Waals surface area (Å²) in [6, 6.07) is 5.87. The second kappa shape index (κ2) is 3.67. The molecule has 0 atom stereocenters. The van der Waals surface area contributed by atoms with Gasteiger partial charge in [-0.2, -0.15) is 0 Å². The maximum absolute atomic E-state index is 4.14. The highest BCUT2D eigenvalue weighted by atomic mass is 79.9. The lowest BCUT2D eigenvalue weighted by molar-refractivity contribution is 0.388. The van der Waals surface area contributed by atoms with Crippen LogP contribution in [-0.4, -0.2) is 33.6 Å². The quantitative estimate of drug-likeness (QED) is 0.763. The van der Waals surface area contributed by atoms with Crippen LogP contribution in [-0.2, 0) is 6.54 Å². The van der Waals surface area contributed by atoms with Crippen molar-refractivity contribution in [3.63, 3.8) is 0 Å². The van der Waals surface area contributed by atoms with Gasteiger partial charge < -0.3 is 4.90 Å². The van der Waals surface area contributed by atoms with E-state index in [0.717, 1.165) is 22.6 Å². The lowest BCUT2D eigenvalue weighted by Gasteiger charge is -2.07. The molecule has 0 spiro atoms. The van der Waals surface area contributed by atoms with Crippen LogP contribution in [0.15, 0.2) is 22.8 Å². The predicted octanol–water partition coefficient (Wildman–Crippen LogP) is 1.55. The number of halogens is 1. The summed E-state index contributed by atoms with van der Waals surface area (Å²) in [5.41, 5.74) is 0.872. The minimum atomic E-state index is 0.782. The molecule has 0 aromatic carbocycles. The first kappa shape index (κ1) is 9.61. The summed E-state index contributed by atoms with van der Waals surface area (Å²) < 4.78 is 2.98. The van der Waals surface area contributed by atoms with Gasteiger partial charge >= 0.3 is 0 Å². The highest BCUT2D eigenvalue weighted by Crippen LogP contribution is 2.14. The molecular weight excluding hydrogens is 244 g/mol. The first-order chi connectivity index (χ1) is 6.68. The molecule has 2 aromatic heterocycles. The van der Waals surface area contributed by atoms with Gasteiger partial charge in [0.2, 0.25) is 0 Å². The van der Waals surface area contributed by atoms with Gasteiger partial charge in [0.1, 0.15) is 0 Å². The topological polar surface area (TPSA) is 33.4 Å². The normalized spacial score (nSPS) is 11.4. The summed E-state index contributed by atoms with van der Waals surface area (Å²) >= 11 is 3.48. The third-order valence-corrected chi connectivity index (χ3v) is 2.52. The molecule has 0 aliphatic heterocycles. The Labute approximate surface area is 90.7 Å². The molecule has 0 saturated carbocycles. The number of fused-ring (bicyclic) bond motifs is 1. The Morgan fingerprint density at radius 3 is 2.86 bits per heavy atom. The molecule has 74 valence electrons. The summed E-state index contributed by atoms with van der Waals surface area (Å²) in [5.74, 6) is 0.942. The highest BCUT2D eigenvalue weighted by molar-refractivity contribution is 9.10. The third-order valence-electron chi connectivity index (χ3n) is 1.91. The van der Waals surface area contributed by atoms with Gasteiger partial charge in [0.05, 0.1) is 11.1 Å². The Kier molecular flexibility index (Phi) is 2.52. The van der Waals surface area contributed by atoms with Gasteiger partial charge in [-0.05, 0) is 42.2 Å². The Morgan fingerprint density at radius 1 is 1.36 bits per heavy atom. The maximum atomic E-state index is 4.14. The van der Waals surface area contributed by atoms with E-state index in [0.29, 0.717) is 0 Å². The Morgan fingerprint density at radius 2 is 2.14 bits per heavy atom. The molecular formula is C9H11BrN4. The van der Waals surface area contributed by atoms with Crippen molar-refractivity contribution in [1.29, 1.82) is 0 Å². The van der Waals surface area contributed by atoms with Gasteiger partial charge in [0.25, 0.3) is 0 Å². The molecule has 2 rings (SSSR count). The molecule has 0 unspecified atom stereocenters. The van der Waals surface area contributed by atoms with Crippen molar-refractivity contribution in [1.82, 2.24) is 19.5 Å². The number of hydrogen-bond donors (Lipinski definition) is 0. The molecule has 14 heavy (non-hydrogen) atoms. The molecule has 0 aliphatic carbocycles. The van der Waals surface area contributed by atoms with Crippen molar-refractivity contribution in [3.8, 4) is 0 Å². The van der Waals surface area contributed by atoms with E-state index in [2.05, 4.69) is 31.0 Å². The lowest BCUT2D eigenvalue weighted by atomic mass is 10.4. The second-order valence-electron chi connectivity index (χ2n) is 3.40. The fourth-order valence-electron chi connectivity index (χ4n) is 1.34. The molecule has 0 saturated heterocycles. The van der Waals surface area contributed by atoms with Crippen LogP contribution < -0.4 is 0 Å². The fourth-order valence-corrected chi connectivity index (χ4v) is 1.88. The minimum Gasteiger partial charge on any atom is -0.302 e. The fraction of sp³-hybridized carbons (Fsp3) is 0.333. The van der Waals surface area contributed by atoms with E-state index >= 15 is 0 Å². The predicted molar refractivity (Wildman–Crippen MR) is 58.1 cm³/mol. The summed E-state index contributed by atoms with van der Waals surface area (Å²) in [6.07, 6.45) is 0. The van der Waals surface area contributed by atoms with Crippen LogP contribution >= 0.6 is 15.9 Å². The SMILES string of the molecule is CN(C)Cc1nnc2cccc(Br)n12. The number of hydrogen-bond acceptors (Lipinski definition) is 3. The molecule has 0 fully saturated rings. The van der Waals surface area contributed by atoms with Gasteiger partial charge in [-0.3, -0.25) is 4.40 Å². The van der Waals surface area contributed by atoms with Crippen molar-refractivity contribution < 1.29 is 0 Å². The summed E-state index contributed by atoms with van der Waals surface area (Å²) in [6.45, 7) is 0.782. The lowest BCUT2D eigenvalue weighted by Crippen LogP contribution is -2.13. The maximum Gasteiger partial charge on any atom is 0.161 e. The van der Waals surface area contributed by atoms with E-state index in [1.165, 1.54) is 0 Å². The molecule has 5 heteroatoms. The van der Waals surface area contributed by atoms with E-state index in [1.807, 2.05) is 36.7 Å². The smallest absolute Gasteiger partial charge is 0.161 e. The van der Waals surface area contributed by atoms with Crippen LogP contribution in [0.25, 0.3) is 5.65 Å². The number of nitrogens with zero attached hydrogens (tertiary/aromatic N) is 4. The third kappa shape index (κ3) is 1.65. The van der Waals surface area contributed by atoms with Crippen molar-refractivity contribution in [3.05, 3.63) is 28.6 Å². The zero-order chi connectivity index (χ0) is 10.1. The van der Waals surface area contributed by atoms with E-state index in [-0.39, 0.29) is 0 Å². The summed E-state index contributed by atoms with van der Waals surface area (Å²) in [7, 11) is 4.02. The zero-order valence-electron chi connectivity index (χ0n) is 8.11. The summed E-state index contributed by atoms with van der Waals surface area (Å²) in [4.78, 5) is 2.07.